The van der Waals surface area contributed by atoms with Gasteiger partial charge in [0.05, 0.1) is 12.7 Å². The van der Waals surface area contributed by atoms with Crippen LogP contribution in [0, 0.1) is 0 Å². The lowest BCUT2D eigenvalue weighted by molar-refractivity contribution is 0.0950. The van der Waals surface area contributed by atoms with Crippen LogP contribution in [0.2, 0.25) is 0 Å². The second-order valence-electron chi connectivity index (χ2n) is 7.03. The third-order valence-corrected chi connectivity index (χ3v) is 5.18. The van der Waals surface area contributed by atoms with Crippen LogP contribution in [0.4, 0.5) is 0 Å². The fraction of sp³-hybridized carbons (Fsp3) is 0.240. The van der Waals surface area contributed by atoms with E-state index < -0.39 is 0 Å². The van der Waals surface area contributed by atoms with E-state index in [1.165, 1.54) is 4.90 Å². The van der Waals surface area contributed by atoms with Gasteiger partial charge in [0, 0.05) is 22.8 Å². The Balaban J connectivity index is 1.43. The lowest BCUT2D eigenvalue weighted by Crippen LogP contribution is -2.22. The molecule has 0 saturated carbocycles. The van der Waals surface area contributed by atoms with Gasteiger partial charge in [-0.05, 0) is 67.9 Å². The molecule has 30 heavy (non-hydrogen) atoms. The Morgan fingerprint density at radius 2 is 1.70 bits per heavy atom. The first-order valence-electron chi connectivity index (χ1n) is 10.0. The first kappa shape index (κ1) is 21.8. The second-order valence-corrected chi connectivity index (χ2v) is 8.20. The van der Waals surface area contributed by atoms with Crippen LogP contribution in [0.1, 0.15) is 29.8 Å². The molecule has 0 saturated heterocycles. The van der Waals surface area contributed by atoms with E-state index >= 15 is 0 Å². The minimum absolute atomic E-state index is 0.114. The molecule has 0 aromatic heterocycles. The highest BCUT2D eigenvalue weighted by atomic mass is 32.2. The fourth-order valence-corrected chi connectivity index (χ4v) is 3.58. The number of rotatable bonds is 10. The van der Waals surface area contributed by atoms with Crippen LogP contribution in [0.5, 0.6) is 11.5 Å². The van der Waals surface area contributed by atoms with Crippen molar-refractivity contribution in [3.8, 4) is 11.5 Å². The zero-order valence-electron chi connectivity index (χ0n) is 17.3. The van der Waals surface area contributed by atoms with Crippen LogP contribution in [-0.2, 0) is 6.54 Å². The minimum Gasteiger partial charge on any atom is -0.493 e. The number of carbonyl (C=O) groups is 1. The maximum absolute atomic E-state index is 12.4. The number of hydrogen-bond acceptors (Lipinski definition) is 4. The van der Waals surface area contributed by atoms with Crippen LogP contribution in [0.25, 0.3) is 0 Å². The van der Waals surface area contributed by atoms with Crippen molar-refractivity contribution < 1.29 is 14.3 Å². The summed E-state index contributed by atoms with van der Waals surface area (Å²) in [6.45, 7) is 5.04. The molecule has 1 amide bonds. The number of amides is 1. The largest absolute Gasteiger partial charge is 0.493 e. The summed E-state index contributed by atoms with van der Waals surface area (Å²) < 4.78 is 11.5. The van der Waals surface area contributed by atoms with Crippen molar-refractivity contribution in [3.63, 3.8) is 0 Å². The van der Waals surface area contributed by atoms with E-state index in [-0.39, 0.29) is 12.0 Å². The van der Waals surface area contributed by atoms with Crippen molar-refractivity contribution in [2.45, 2.75) is 31.4 Å². The molecule has 0 aliphatic rings. The van der Waals surface area contributed by atoms with Crippen molar-refractivity contribution >= 4 is 17.7 Å². The number of ether oxygens (including phenoxy) is 2. The molecule has 3 aromatic carbocycles. The van der Waals surface area contributed by atoms with Crippen molar-refractivity contribution in [3.05, 3.63) is 90.0 Å². The molecular weight excluding hydrogens is 394 g/mol. The Morgan fingerprint density at radius 3 is 2.43 bits per heavy atom. The normalized spacial score (nSPS) is 10.6. The molecule has 156 valence electrons. The van der Waals surface area contributed by atoms with E-state index in [4.69, 9.17) is 9.47 Å². The van der Waals surface area contributed by atoms with E-state index in [0.717, 1.165) is 22.8 Å². The van der Waals surface area contributed by atoms with E-state index in [1.807, 2.05) is 68.4 Å². The lowest BCUT2D eigenvalue weighted by Gasteiger charge is -2.11. The highest BCUT2D eigenvalue weighted by molar-refractivity contribution is 7.99. The monoisotopic (exact) mass is 421 g/mol. The summed E-state index contributed by atoms with van der Waals surface area (Å²) in [6, 6.07) is 25.3. The van der Waals surface area contributed by atoms with Crippen LogP contribution in [0.3, 0.4) is 0 Å². The molecule has 0 unspecified atom stereocenters. The first-order valence-corrected chi connectivity index (χ1v) is 11.0. The lowest BCUT2D eigenvalue weighted by atomic mass is 10.2. The van der Waals surface area contributed by atoms with Gasteiger partial charge >= 0.3 is 0 Å². The Hall–Kier alpha value is -2.92. The zero-order chi connectivity index (χ0) is 21.2. The third kappa shape index (κ3) is 7.16. The van der Waals surface area contributed by atoms with E-state index in [1.54, 1.807) is 23.9 Å². The van der Waals surface area contributed by atoms with Crippen molar-refractivity contribution in [1.29, 1.82) is 0 Å². The highest BCUT2D eigenvalue weighted by Gasteiger charge is 2.07. The number of thioether (sulfide) groups is 1. The summed E-state index contributed by atoms with van der Waals surface area (Å²) >= 11 is 1.76. The van der Waals surface area contributed by atoms with E-state index in [9.17, 15) is 4.79 Å². The summed E-state index contributed by atoms with van der Waals surface area (Å²) in [4.78, 5) is 13.7. The van der Waals surface area contributed by atoms with Crippen LogP contribution < -0.4 is 14.8 Å². The number of benzene rings is 3. The molecule has 0 aliphatic carbocycles. The predicted octanol–water partition coefficient (Wildman–Crippen LogP) is 5.57. The van der Waals surface area contributed by atoms with Gasteiger partial charge in [-0.3, -0.25) is 4.79 Å². The quantitative estimate of drug-likeness (QED) is 0.343. The van der Waals surface area contributed by atoms with Gasteiger partial charge in [-0.15, -0.1) is 11.8 Å². The Kier molecular flexibility index (Phi) is 8.21. The van der Waals surface area contributed by atoms with Gasteiger partial charge in [0.2, 0.25) is 0 Å². The minimum atomic E-state index is -0.114. The summed E-state index contributed by atoms with van der Waals surface area (Å²) in [5, 5.41) is 2.95. The van der Waals surface area contributed by atoms with Gasteiger partial charge in [-0.1, -0.05) is 30.3 Å². The van der Waals surface area contributed by atoms with Crippen molar-refractivity contribution in [1.82, 2.24) is 5.32 Å². The Labute approximate surface area is 182 Å². The highest BCUT2D eigenvalue weighted by Crippen LogP contribution is 2.18. The van der Waals surface area contributed by atoms with Gasteiger partial charge in [0.1, 0.15) is 11.5 Å². The molecular formula is C25H27NO3S. The first-order chi connectivity index (χ1) is 14.6. The smallest absolute Gasteiger partial charge is 0.251 e. The molecule has 0 radical (unpaired) electrons. The number of carbonyl (C=O) groups excluding carboxylic acids is 1. The molecule has 0 fully saturated rings. The average molecular weight is 422 g/mol. The standard InChI is InChI=1S/C25H27NO3S/c1-19(2)29-23-8-6-7-20(17-23)18-26-25(27)21-11-13-22(14-12-21)28-15-16-30-24-9-4-3-5-10-24/h3-14,17,19H,15-16,18H2,1-2H3,(H,26,27). The maximum atomic E-state index is 12.4. The molecule has 0 atom stereocenters. The summed E-state index contributed by atoms with van der Waals surface area (Å²) in [6.07, 6.45) is 0.118. The summed E-state index contributed by atoms with van der Waals surface area (Å²) in [7, 11) is 0. The van der Waals surface area contributed by atoms with E-state index in [0.29, 0.717) is 18.7 Å². The molecule has 0 aliphatic heterocycles. The molecule has 0 spiro atoms. The average Bonchev–Trinajstić information content (AvgIpc) is 2.76. The van der Waals surface area contributed by atoms with Crippen molar-refractivity contribution in [2.24, 2.45) is 0 Å². The molecule has 5 heteroatoms. The third-order valence-electron chi connectivity index (χ3n) is 4.20. The summed E-state index contributed by atoms with van der Waals surface area (Å²) in [5.41, 5.74) is 1.60. The van der Waals surface area contributed by atoms with E-state index in [2.05, 4.69) is 17.4 Å². The van der Waals surface area contributed by atoms with Gasteiger partial charge in [-0.2, -0.15) is 0 Å². The van der Waals surface area contributed by atoms with Crippen LogP contribution >= 0.6 is 11.8 Å². The Bertz CT molecular complexity index is 927. The van der Waals surface area contributed by atoms with Gasteiger partial charge in [0.25, 0.3) is 5.91 Å². The number of nitrogens with one attached hydrogen (secondary N) is 1. The topological polar surface area (TPSA) is 47.6 Å². The molecule has 3 rings (SSSR count). The van der Waals surface area contributed by atoms with Gasteiger partial charge < -0.3 is 14.8 Å². The van der Waals surface area contributed by atoms with Crippen molar-refractivity contribution in [2.75, 3.05) is 12.4 Å². The second kappa shape index (κ2) is 11.3. The Morgan fingerprint density at radius 1 is 0.933 bits per heavy atom. The maximum Gasteiger partial charge on any atom is 0.251 e. The molecule has 4 nitrogen and oxygen atoms in total. The molecule has 1 N–H and O–H groups in total. The number of hydrogen-bond donors (Lipinski definition) is 1. The fourth-order valence-electron chi connectivity index (χ4n) is 2.82. The summed E-state index contributed by atoms with van der Waals surface area (Å²) in [5.74, 6) is 2.32. The van der Waals surface area contributed by atoms with Crippen LogP contribution in [0.15, 0.2) is 83.8 Å². The molecule has 0 bridgehead atoms. The SMILES string of the molecule is CC(C)Oc1cccc(CNC(=O)c2ccc(OCCSc3ccccc3)cc2)c1. The molecule has 3 aromatic rings. The van der Waals surface area contributed by atoms with Crippen LogP contribution in [-0.4, -0.2) is 24.4 Å². The predicted molar refractivity (Wildman–Crippen MR) is 122 cm³/mol. The zero-order valence-corrected chi connectivity index (χ0v) is 18.2. The molecule has 0 heterocycles. The van der Waals surface area contributed by atoms with Gasteiger partial charge in [0.15, 0.2) is 0 Å². The van der Waals surface area contributed by atoms with Gasteiger partial charge in [-0.25, -0.2) is 0 Å².